The highest BCUT2D eigenvalue weighted by Crippen LogP contribution is 2.21. The smallest absolute Gasteiger partial charge is 0.319 e. The molecule has 1 fully saturated rings. The fourth-order valence-electron chi connectivity index (χ4n) is 3.69. The Hall–Kier alpha value is -2.86. The molecule has 0 bridgehead atoms. The number of piperidine rings is 1. The summed E-state index contributed by atoms with van der Waals surface area (Å²) in [6.45, 7) is 6.10. The van der Waals surface area contributed by atoms with Gasteiger partial charge in [-0.2, -0.15) is 0 Å². The Kier molecular flexibility index (Phi) is 7.46. The lowest BCUT2D eigenvalue weighted by Crippen LogP contribution is -2.38. The first-order valence-corrected chi connectivity index (χ1v) is 10.5. The maximum absolute atomic E-state index is 12.7. The van der Waals surface area contributed by atoms with Crippen molar-refractivity contribution in [3.8, 4) is 0 Å². The molecule has 2 aromatic carbocycles. The van der Waals surface area contributed by atoms with E-state index in [4.69, 9.17) is 4.74 Å². The average molecular weight is 410 g/mol. The molecule has 6 nitrogen and oxygen atoms in total. The third kappa shape index (κ3) is 5.60. The van der Waals surface area contributed by atoms with Crippen LogP contribution in [0.5, 0.6) is 0 Å². The van der Waals surface area contributed by atoms with Crippen molar-refractivity contribution >= 4 is 17.6 Å². The van der Waals surface area contributed by atoms with Crippen LogP contribution in [-0.2, 0) is 4.74 Å². The van der Waals surface area contributed by atoms with Gasteiger partial charge in [0.25, 0.3) is 5.91 Å². The number of carbonyl (C=O) groups excluding carboxylic acids is 2. The number of benzene rings is 2. The highest BCUT2D eigenvalue weighted by Gasteiger charge is 2.22. The van der Waals surface area contributed by atoms with Crippen LogP contribution in [0.1, 0.15) is 47.4 Å². The summed E-state index contributed by atoms with van der Waals surface area (Å²) in [6.07, 6.45) is 1.89. The van der Waals surface area contributed by atoms with Crippen LogP contribution < -0.4 is 10.6 Å². The van der Waals surface area contributed by atoms with Crippen molar-refractivity contribution in [3.63, 3.8) is 0 Å². The second-order valence-electron chi connectivity index (χ2n) is 7.97. The largest absolute Gasteiger partial charge is 0.375 e. The topological polar surface area (TPSA) is 70.7 Å². The van der Waals surface area contributed by atoms with Crippen molar-refractivity contribution in [3.05, 3.63) is 65.2 Å². The predicted molar refractivity (Wildman–Crippen MR) is 119 cm³/mol. The molecule has 1 unspecified atom stereocenters. The Labute approximate surface area is 178 Å². The molecule has 0 aliphatic carbocycles. The summed E-state index contributed by atoms with van der Waals surface area (Å²) in [6, 6.07) is 14.9. The monoisotopic (exact) mass is 409 g/mol. The lowest BCUT2D eigenvalue weighted by Gasteiger charge is -2.30. The number of amides is 3. The zero-order valence-corrected chi connectivity index (χ0v) is 18.0. The fourth-order valence-corrected chi connectivity index (χ4v) is 3.69. The van der Waals surface area contributed by atoms with Gasteiger partial charge in [0.2, 0.25) is 0 Å². The molecule has 30 heavy (non-hydrogen) atoms. The van der Waals surface area contributed by atoms with Crippen LogP contribution in [0.2, 0.25) is 0 Å². The summed E-state index contributed by atoms with van der Waals surface area (Å²) in [5.41, 5.74) is 3.21. The van der Waals surface area contributed by atoms with Crippen LogP contribution in [-0.4, -0.2) is 43.6 Å². The minimum atomic E-state index is -0.305. The molecule has 1 atom stereocenters. The first-order valence-electron chi connectivity index (χ1n) is 10.5. The summed E-state index contributed by atoms with van der Waals surface area (Å²) in [4.78, 5) is 27.0. The zero-order valence-electron chi connectivity index (χ0n) is 18.0. The van der Waals surface area contributed by atoms with Crippen LogP contribution in [0.25, 0.3) is 0 Å². The summed E-state index contributed by atoms with van der Waals surface area (Å²) < 4.78 is 5.48. The molecule has 1 aliphatic heterocycles. The lowest BCUT2D eigenvalue weighted by molar-refractivity contribution is 0.0697. The standard InChI is InChI=1S/C24H31N3O3/c1-17-11-13-27(14-12-17)23(28)20-9-10-21(18(2)15-20)26-24(29)25-16-22(30-3)19-7-5-4-6-8-19/h4-10,15,17,22H,11-14,16H2,1-3H3,(H2,25,26,29). The third-order valence-electron chi connectivity index (χ3n) is 5.70. The number of hydrogen-bond acceptors (Lipinski definition) is 3. The van der Waals surface area contributed by atoms with Crippen LogP contribution in [0.3, 0.4) is 0 Å². The molecular formula is C24H31N3O3. The molecule has 1 heterocycles. The van der Waals surface area contributed by atoms with E-state index in [0.717, 1.165) is 37.1 Å². The molecular weight excluding hydrogens is 378 g/mol. The molecule has 0 aromatic heterocycles. The van der Waals surface area contributed by atoms with Gasteiger partial charge in [0, 0.05) is 38.0 Å². The van der Waals surface area contributed by atoms with Crippen molar-refractivity contribution in [2.75, 3.05) is 32.1 Å². The normalized spacial score (nSPS) is 15.5. The number of methoxy groups -OCH3 is 1. The van der Waals surface area contributed by atoms with Gasteiger partial charge in [-0.15, -0.1) is 0 Å². The first kappa shape index (κ1) is 21.8. The molecule has 3 rings (SSSR count). The van der Waals surface area contributed by atoms with E-state index in [2.05, 4.69) is 17.6 Å². The van der Waals surface area contributed by atoms with E-state index in [1.807, 2.05) is 48.2 Å². The van der Waals surface area contributed by atoms with E-state index in [-0.39, 0.29) is 18.0 Å². The van der Waals surface area contributed by atoms with E-state index in [0.29, 0.717) is 23.7 Å². The highest BCUT2D eigenvalue weighted by atomic mass is 16.5. The van der Waals surface area contributed by atoms with E-state index in [1.54, 1.807) is 19.2 Å². The van der Waals surface area contributed by atoms with Gasteiger partial charge >= 0.3 is 6.03 Å². The molecule has 0 spiro atoms. The highest BCUT2D eigenvalue weighted by molar-refractivity contribution is 5.96. The van der Waals surface area contributed by atoms with Gasteiger partial charge in [-0.05, 0) is 55.0 Å². The van der Waals surface area contributed by atoms with E-state index in [9.17, 15) is 9.59 Å². The van der Waals surface area contributed by atoms with Gasteiger partial charge in [-0.1, -0.05) is 37.3 Å². The second-order valence-corrected chi connectivity index (χ2v) is 7.97. The Morgan fingerprint density at radius 3 is 2.47 bits per heavy atom. The van der Waals surface area contributed by atoms with Crippen LogP contribution >= 0.6 is 0 Å². The quantitative estimate of drug-likeness (QED) is 0.744. The van der Waals surface area contributed by atoms with Gasteiger partial charge in [0.05, 0.1) is 6.10 Å². The number of likely N-dealkylation sites (tertiary alicyclic amines) is 1. The number of rotatable bonds is 6. The maximum atomic E-state index is 12.7. The molecule has 2 N–H and O–H groups in total. The van der Waals surface area contributed by atoms with E-state index in [1.165, 1.54) is 0 Å². The minimum Gasteiger partial charge on any atom is -0.375 e. The molecule has 1 saturated heterocycles. The number of urea groups is 1. The Morgan fingerprint density at radius 2 is 1.83 bits per heavy atom. The van der Waals surface area contributed by atoms with E-state index >= 15 is 0 Å². The van der Waals surface area contributed by atoms with Crippen molar-refractivity contribution in [1.82, 2.24) is 10.2 Å². The molecule has 0 radical (unpaired) electrons. The fraction of sp³-hybridized carbons (Fsp3) is 0.417. The predicted octanol–water partition coefficient (Wildman–Crippen LogP) is 4.38. The van der Waals surface area contributed by atoms with Crippen LogP contribution in [0, 0.1) is 12.8 Å². The number of hydrogen-bond donors (Lipinski definition) is 2. The second kappa shape index (κ2) is 10.3. The Balaban J connectivity index is 1.56. The lowest BCUT2D eigenvalue weighted by atomic mass is 9.98. The number of nitrogens with zero attached hydrogens (tertiary/aromatic N) is 1. The van der Waals surface area contributed by atoms with Gasteiger partial charge < -0.3 is 20.3 Å². The molecule has 0 saturated carbocycles. The number of anilines is 1. The van der Waals surface area contributed by atoms with Crippen molar-refractivity contribution in [2.45, 2.75) is 32.8 Å². The van der Waals surface area contributed by atoms with Crippen molar-refractivity contribution < 1.29 is 14.3 Å². The SMILES string of the molecule is COC(CNC(=O)Nc1ccc(C(=O)N2CCC(C)CC2)cc1C)c1ccccc1. The number of aryl methyl sites for hydroxylation is 1. The number of carbonyl (C=O) groups is 2. The van der Waals surface area contributed by atoms with Crippen LogP contribution in [0.15, 0.2) is 48.5 Å². The summed E-state index contributed by atoms with van der Waals surface area (Å²) in [5, 5.41) is 5.71. The molecule has 6 heteroatoms. The maximum Gasteiger partial charge on any atom is 0.319 e. The van der Waals surface area contributed by atoms with Crippen molar-refractivity contribution in [1.29, 1.82) is 0 Å². The summed E-state index contributed by atoms with van der Waals surface area (Å²) >= 11 is 0. The molecule has 3 amide bonds. The van der Waals surface area contributed by atoms with E-state index < -0.39 is 0 Å². The molecule has 2 aromatic rings. The van der Waals surface area contributed by atoms with Gasteiger partial charge in [-0.3, -0.25) is 4.79 Å². The Bertz CT molecular complexity index is 861. The summed E-state index contributed by atoms with van der Waals surface area (Å²) in [7, 11) is 1.63. The third-order valence-corrected chi connectivity index (χ3v) is 5.70. The van der Waals surface area contributed by atoms with Gasteiger partial charge in [0.15, 0.2) is 0 Å². The molecule has 1 aliphatic rings. The Morgan fingerprint density at radius 1 is 1.13 bits per heavy atom. The first-order chi connectivity index (χ1) is 14.5. The van der Waals surface area contributed by atoms with Gasteiger partial charge in [0.1, 0.15) is 0 Å². The number of ether oxygens (including phenoxy) is 1. The minimum absolute atomic E-state index is 0.0619. The van der Waals surface area contributed by atoms with Crippen LogP contribution in [0.4, 0.5) is 10.5 Å². The molecule has 160 valence electrons. The zero-order chi connectivity index (χ0) is 21.5. The average Bonchev–Trinajstić information content (AvgIpc) is 2.76. The van der Waals surface area contributed by atoms with Crippen molar-refractivity contribution in [2.24, 2.45) is 5.92 Å². The number of nitrogens with one attached hydrogen (secondary N) is 2. The summed E-state index contributed by atoms with van der Waals surface area (Å²) in [5.74, 6) is 0.743. The van der Waals surface area contributed by atoms with Gasteiger partial charge in [-0.25, -0.2) is 4.79 Å².